The molecular formula is C13H21NO. The molecule has 84 valence electrons. The van der Waals surface area contributed by atoms with Gasteiger partial charge in [-0.2, -0.15) is 0 Å². The summed E-state index contributed by atoms with van der Waals surface area (Å²) in [6.07, 6.45) is 9.41. The summed E-state index contributed by atoms with van der Waals surface area (Å²) < 4.78 is 0. The lowest BCUT2D eigenvalue weighted by Gasteiger charge is -2.20. The number of hydrogen-bond donors (Lipinski definition) is 0. The van der Waals surface area contributed by atoms with Crippen LogP contribution >= 0.6 is 0 Å². The van der Waals surface area contributed by atoms with Gasteiger partial charge < -0.3 is 4.90 Å². The van der Waals surface area contributed by atoms with Crippen molar-refractivity contribution in [2.24, 2.45) is 11.8 Å². The molecule has 0 aromatic rings. The highest BCUT2D eigenvalue weighted by Gasteiger charge is 2.26. The minimum Gasteiger partial charge on any atom is -0.331 e. The van der Waals surface area contributed by atoms with Gasteiger partial charge in [-0.25, -0.2) is 0 Å². The molecule has 2 heteroatoms. The Morgan fingerprint density at radius 2 is 2.20 bits per heavy atom. The first-order chi connectivity index (χ1) is 7.13. The maximum atomic E-state index is 11.8. The summed E-state index contributed by atoms with van der Waals surface area (Å²) in [5.41, 5.74) is 0. The van der Waals surface area contributed by atoms with E-state index in [-0.39, 0.29) is 5.91 Å². The Balaban J connectivity index is 2.32. The lowest BCUT2D eigenvalue weighted by Crippen LogP contribution is -2.33. The number of carbonyl (C=O) groups is 1. The molecule has 0 atom stereocenters. The van der Waals surface area contributed by atoms with E-state index in [0.717, 1.165) is 18.9 Å². The van der Waals surface area contributed by atoms with Gasteiger partial charge in [0, 0.05) is 13.0 Å². The molecule has 0 radical (unpaired) electrons. The van der Waals surface area contributed by atoms with Gasteiger partial charge in [0.2, 0.25) is 5.91 Å². The van der Waals surface area contributed by atoms with Gasteiger partial charge in [-0.1, -0.05) is 19.8 Å². The summed E-state index contributed by atoms with van der Waals surface area (Å²) >= 11 is 0. The van der Waals surface area contributed by atoms with Crippen molar-refractivity contribution in [3.8, 4) is 12.3 Å². The van der Waals surface area contributed by atoms with Crippen molar-refractivity contribution < 1.29 is 4.79 Å². The molecule has 2 nitrogen and oxygen atoms in total. The van der Waals surface area contributed by atoms with Crippen molar-refractivity contribution in [2.45, 2.75) is 39.5 Å². The zero-order chi connectivity index (χ0) is 11.3. The first-order valence-corrected chi connectivity index (χ1v) is 5.84. The molecular weight excluding hydrogens is 186 g/mol. The number of rotatable bonds is 6. The summed E-state index contributed by atoms with van der Waals surface area (Å²) in [6.45, 7) is 5.63. The van der Waals surface area contributed by atoms with E-state index >= 15 is 0 Å². The lowest BCUT2D eigenvalue weighted by atomic mass is 10.1. The number of amides is 1. The molecule has 0 unspecified atom stereocenters. The molecule has 1 saturated carbocycles. The van der Waals surface area contributed by atoms with Gasteiger partial charge in [0.1, 0.15) is 0 Å². The van der Waals surface area contributed by atoms with Gasteiger partial charge in [-0.05, 0) is 31.1 Å². The standard InChI is InChI=1S/C13H21NO/c1-4-9-14(10-12-6-7-12)13(15)8-5-11(2)3/h1,11-12H,5-10H2,2-3H3. The van der Waals surface area contributed by atoms with Gasteiger partial charge in [-0.15, -0.1) is 6.42 Å². The van der Waals surface area contributed by atoms with Crippen LogP contribution in [0.2, 0.25) is 0 Å². The Bertz CT molecular complexity index is 248. The topological polar surface area (TPSA) is 20.3 Å². The second kappa shape index (κ2) is 5.80. The molecule has 1 fully saturated rings. The van der Waals surface area contributed by atoms with Crippen molar-refractivity contribution in [3.63, 3.8) is 0 Å². The van der Waals surface area contributed by atoms with Crippen LogP contribution in [-0.2, 0) is 4.79 Å². The van der Waals surface area contributed by atoms with Crippen molar-refractivity contribution in [1.82, 2.24) is 4.90 Å². The minimum absolute atomic E-state index is 0.230. The van der Waals surface area contributed by atoms with Crippen LogP contribution in [-0.4, -0.2) is 23.9 Å². The second-order valence-electron chi connectivity index (χ2n) is 4.85. The van der Waals surface area contributed by atoms with Crippen LogP contribution in [0, 0.1) is 24.2 Å². The average Bonchev–Trinajstić information content (AvgIpc) is 2.97. The Morgan fingerprint density at radius 3 is 2.67 bits per heavy atom. The lowest BCUT2D eigenvalue weighted by molar-refractivity contribution is -0.131. The SMILES string of the molecule is C#CCN(CC1CC1)C(=O)CCC(C)C. The molecule has 0 bridgehead atoms. The van der Waals surface area contributed by atoms with Crippen molar-refractivity contribution in [1.29, 1.82) is 0 Å². The van der Waals surface area contributed by atoms with Crippen LogP contribution in [0.5, 0.6) is 0 Å². The zero-order valence-electron chi connectivity index (χ0n) is 9.83. The van der Waals surface area contributed by atoms with Gasteiger partial charge in [-0.3, -0.25) is 4.79 Å². The van der Waals surface area contributed by atoms with Gasteiger partial charge in [0.05, 0.1) is 6.54 Å². The largest absolute Gasteiger partial charge is 0.331 e. The first-order valence-electron chi connectivity index (χ1n) is 5.84. The van der Waals surface area contributed by atoms with E-state index in [9.17, 15) is 4.79 Å². The summed E-state index contributed by atoms with van der Waals surface area (Å²) in [4.78, 5) is 13.7. The van der Waals surface area contributed by atoms with Crippen LogP contribution in [0.15, 0.2) is 0 Å². The summed E-state index contributed by atoms with van der Waals surface area (Å²) in [5.74, 6) is 4.11. The molecule has 0 heterocycles. The zero-order valence-corrected chi connectivity index (χ0v) is 9.83. The summed E-state index contributed by atoms with van der Waals surface area (Å²) in [7, 11) is 0. The molecule has 1 rings (SSSR count). The molecule has 15 heavy (non-hydrogen) atoms. The fourth-order valence-corrected chi connectivity index (χ4v) is 1.55. The van der Waals surface area contributed by atoms with Crippen LogP contribution in [0.25, 0.3) is 0 Å². The second-order valence-corrected chi connectivity index (χ2v) is 4.85. The van der Waals surface area contributed by atoms with E-state index in [1.54, 1.807) is 0 Å². The predicted molar refractivity (Wildman–Crippen MR) is 62.2 cm³/mol. The molecule has 0 aliphatic heterocycles. The van der Waals surface area contributed by atoms with E-state index < -0.39 is 0 Å². The molecule has 0 aromatic carbocycles. The number of terminal acetylenes is 1. The van der Waals surface area contributed by atoms with Crippen molar-refractivity contribution in [3.05, 3.63) is 0 Å². The smallest absolute Gasteiger partial charge is 0.223 e. The Morgan fingerprint density at radius 1 is 1.53 bits per heavy atom. The summed E-state index contributed by atoms with van der Waals surface area (Å²) in [5, 5.41) is 0. The Labute approximate surface area is 93.0 Å². The molecule has 0 aromatic heterocycles. The third kappa shape index (κ3) is 4.88. The Kier molecular flexibility index (Phi) is 4.68. The first kappa shape index (κ1) is 12.1. The van der Waals surface area contributed by atoms with Crippen LogP contribution in [0.1, 0.15) is 39.5 Å². The van der Waals surface area contributed by atoms with Gasteiger partial charge >= 0.3 is 0 Å². The van der Waals surface area contributed by atoms with E-state index in [1.807, 2.05) is 4.90 Å². The van der Waals surface area contributed by atoms with E-state index in [0.29, 0.717) is 18.9 Å². The number of carbonyl (C=O) groups excluding carboxylic acids is 1. The fourth-order valence-electron chi connectivity index (χ4n) is 1.55. The average molecular weight is 207 g/mol. The quantitative estimate of drug-likeness (QED) is 0.612. The monoisotopic (exact) mass is 207 g/mol. The van der Waals surface area contributed by atoms with E-state index in [2.05, 4.69) is 19.8 Å². The fraction of sp³-hybridized carbons (Fsp3) is 0.769. The number of nitrogens with zero attached hydrogens (tertiary/aromatic N) is 1. The highest BCUT2D eigenvalue weighted by molar-refractivity contribution is 5.76. The van der Waals surface area contributed by atoms with E-state index in [1.165, 1.54) is 12.8 Å². The maximum Gasteiger partial charge on any atom is 0.223 e. The molecule has 0 saturated heterocycles. The van der Waals surface area contributed by atoms with Crippen molar-refractivity contribution in [2.75, 3.05) is 13.1 Å². The molecule has 0 spiro atoms. The minimum atomic E-state index is 0.230. The third-order valence-corrected chi connectivity index (χ3v) is 2.75. The van der Waals surface area contributed by atoms with Crippen molar-refractivity contribution >= 4 is 5.91 Å². The van der Waals surface area contributed by atoms with Crippen LogP contribution in [0.3, 0.4) is 0 Å². The highest BCUT2D eigenvalue weighted by Crippen LogP contribution is 2.29. The Hall–Kier alpha value is -0.970. The van der Waals surface area contributed by atoms with Gasteiger partial charge in [0.25, 0.3) is 0 Å². The predicted octanol–water partition coefficient (Wildman–Crippen LogP) is 2.29. The van der Waals surface area contributed by atoms with Gasteiger partial charge in [0.15, 0.2) is 0 Å². The van der Waals surface area contributed by atoms with Crippen LogP contribution in [0.4, 0.5) is 0 Å². The maximum absolute atomic E-state index is 11.8. The molecule has 1 aliphatic rings. The van der Waals surface area contributed by atoms with Crippen LogP contribution < -0.4 is 0 Å². The highest BCUT2D eigenvalue weighted by atomic mass is 16.2. The van der Waals surface area contributed by atoms with E-state index in [4.69, 9.17) is 6.42 Å². The third-order valence-electron chi connectivity index (χ3n) is 2.75. The normalized spacial score (nSPS) is 15.1. The molecule has 0 N–H and O–H groups in total. The summed E-state index contributed by atoms with van der Waals surface area (Å²) in [6, 6.07) is 0. The molecule has 1 amide bonds. The number of hydrogen-bond acceptors (Lipinski definition) is 1. The molecule has 1 aliphatic carbocycles.